The van der Waals surface area contributed by atoms with Crippen LogP contribution >= 0.6 is 0 Å². The van der Waals surface area contributed by atoms with Crippen molar-refractivity contribution in [3.05, 3.63) is 24.3 Å². The molecule has 1 aliphatic rings. The van der Waals surface area contributed by atoms with Gasteiger partial charge in [0.2, 0.25) is 10.0 Å². The van der Waals surface area contributed by atoms with Gasteiger partial charge in [-0.2, -0.15) is 21.3 Å². The smallest absolute Gasteiger partial charge is 0.282 e. The average molecular weight is 450 g/mol. The molecule has 0 aliphatic carbocycles. The Morgan fingerprint density at radius 2 is 1.41 bits per heavy atom. The van der Waals surface area contributed by atoms with Crippen LogP contribution in [0.3, 0.4) is 0 Å². The van der Waals surface area contributed by atoms with Gasteiger partial charge in [-0.15, -0.1) is 0 Å². The summed E-state index contributed by atoms with van der Waals surface area (Å²) in [5.41, 5.74) is 0. The number of piperazine rings is 1. The summed E-state index contributed by atoms with van der Waals surface area (Å²) in [6.07, 6.45) is 0. The minimum Gasteiger partial charge on any atom is -0.491 e. The molecule has 0 saturated carbocycles. The molecule has 0 N–H and O–H groups in total. The van der Waals surface area contributed by atoms with E-state index in [1.807, 2.05) is 6.92 Å². The summed E-state index contributed by atoms with van der Waals surface area (Å²) in [6.45, 7) is 8.23. The highest BCUT2D eigenvalue weighted by atomic mass is 32.2. The molecule has 0 atom stereocenters. The molecule has 1 aromatic carbocycles. The second kappa shape index (κ2) is 10.7. The molecule has 0 radical (unpaired) electrons. The first kappa shape index (κ1) is 24.0. The van der Waals surface area contributed by atoms with Gasteiger partial charge in [0.05, 0.1) is 11.5 Å². The predicted octanol–water partition coefficient (Wildman–Crippen LogP) is 0.995. The molecule has 29 heavy (non-hydrogen) atoms. The maximum atomic E-state index is 12.9. The van der Waals surface area contributed by atoms with Crippen molar-refractivity contribution in [1.29, 1.82) is 0 Å². The fourth-order valence-corrected chi connectivity index (χ4v) is 6.10. The Morgan fingerprint density at radius 1 is 0.862 bits per heavy atom. The van der Waals surface area contributed by atoms with Gasteiger partial charge in [0.15, 0.2) is 0 Å². The highest BCUT2D eigenvalue weighted by Crippen LogP contribution is 2.22. The largest absolute Gasteiger partial charge is 0.491 e. The van der Waals surface area contributed by atoms with Crippen molar-refractivity contribution in [2.75, 3.05) is 59.1 Å². The lowest BCUT2D eigenvalue weighted by molar-refractivity contribution is 0.110. The molecule has 1 aromatic rings. The van der Waals surface area contributed by atoms with E-state index < -0.39 is 20.2 Å². The minimum atomic E-state index is -3.69. The molecule has 0 spiro atoms. The molecule has 0 bridgehead atoms. The van der Waals surface area contributed by atoms with Gasteiger partial charge in [-0.05, 0) is 31.2 Å². The first-order valence-electron chi connectivity index (χ1n) is 9.83. The molecule has 9 nitrogen and oxygen atoms in total. The van der Waals surface area contributed by atoms with Gasteiger partial charge >= 0.3 is 0 Å². The highest BCUT2D eigenvalue weighted by Gasteiger charge is 2.35. The number of ether oxygens (including phenoxy) is 2. The van der Waals surface area contributed by atoms with Gasteiger partial charge in [-0.3, -0.25) is 0 Å². The van der Waals surface area contributed by atoms with Crippen molar-refractivity contribution in [3.8, 4) is 5.75 Å². The molecule has 1 fully saturated rings. The normalized spacial score (nSPS) is 17.0. The van der Waals surface area contributed by atoms with Crippen molar-refractivity contribution < 1.29 is 26.3 Å². The zero-order valence-corrected chi connectivity index (χ0v) is 18.9. The molecular weight excluding hydrogens is 418 g/mol. The summed E-state index contributed by atoms with van der Waals surface area (Å²) in [4.78, 5) is 0.162. The third-order valence-corrected chi connectivity index (χ3v) is 8.82. The van der Waals surface area contributed by atoms with Crippen molar-refractivity contribution in [3.63, 3.8) is 0 Å². The molecule has 166 valence electrons. The Labute approximate surface area is 174 Å². The Balaban J connectivity index is 1.99. The van der Waals surface area contributed by atoms with E-state index in [-0.39, 0.29) is 31.1 Å². The third-order valence-electron chi connectivity index (χ3n) is 4.72. The fourth-order valence-electron chi connectivity index (χ4n) is 3.07. The fraction of sp³-hybridized carbons (Fsp3) is 0.667. The maximum Gasteiger partial charge on any atom is 0.282 e. The Bertz CT molecular complexity index is 831. The second-order valence-corrected chi connectivity index (χ2v) is 10.3. The zero-order valence-electron chi connectivity index (χ0n) is 17.3. The van der Waals surface area contributed by atoms with Gasteiger partial charge in [-0.25, -0.2) is 8.42 Å². The van der Waals surface area contributed by atoms with Gasteiger partial charge in [-0.1, -0.05) is 13.8 Å². The van der Waals surface area contributed by atoms with Crippen LogP contribution in [0.15, 0.2) is 29.2 Å². The second-order valence-electron chi connectivity index (χ2n) is 6.41. The van der Waals surface area contributed by atoms with E-state index >= 15 is 0 Å². The number of nitrogens with zero attached hydrogens (tertiary/aromatic N) is 3. The molecule has 0 amide bonds. The number of rotatable bonds is 11. The summed E-state index contributed by atoms with van der Waals surface area (Å²) in [5.74, 6) is 0.568. The number of hydrogen-bond donors (Lipinski definition) is 0. The van der Waals surface area contributed by atoms with Crippen molar-refractivity contribution in [1.82, 2.24) is 12.9 Å². The number of sulfonamides is 1. The lowest BCUT2D eigenvalue weighted by Crippen LogP contribution is -2.54. The van der Waals surface area contributed by atoms with Crippen LogP contribution in [0.25, 0.3) is 0 Å². The van der Waals surface area contributed by atoms with Crippen LogP contribution in [0.5, 0.6) is 5.75 Å². The number of hydrogen-bond acceptors (Lipinski definition) is 6. The van der Waals surface area contributed by atoms with E-state index in [1.165, 1.54) is 25.0 Å². The van der Waals surface area contributed by atoms with Crippen molar-refractivity contribution >= 4 is 20.2 Å². The van der Waals surface area contributed by atoms with Crippen molar-refractivity contribution in [2.45, 2.75) is 25.7 Å². The Kier molecular flexibility index (Phi) is 8.86. The molecule has 1 aliphatic heterocycles. The van der Waals surface area contributed by atoms with Crippen LogP contribution in [0.1, 0.15) is 20.8 Å². The summed E-state index contributed by atoms with van der Waals surface area (Å²) < 4.78 is 65.7. The van der Waals surface area contributed by atoms with E-state index in [2.05, 4.69) is 0 Å². The first-order valence-corrected chi connectivity index (χ1v) is 12.7. The van der Waals surface area contributed by atoms with Gasteiger partial charge in [0, 0.05) is 45.9 Å². The molecule has 2 rings (SSSR count). The summed E-state index contributed by atoms with van der Waals surface area (Å²) >= 11 is 0. The topological polar surface area (TPSA) is 96.5 Å². The van der Waals surface area contributed by atoms with Gasteiger partial charge in [0.1, 0.15) is 12.4 Å². The predicted molar refractivity (Wildman–Crippen MR) is 111 cm³/mol. The van der Waals surface area contributed by atoms with Crippen LogP contribution in [0.2, 0.25) is 0 Å². The van der Waals surface area contributed by atoms with Crippen LogP contribution in [-0.2, 0) is 25.0 Å². The molecule has 1 saturated heterocycles. The zero-order chi connectivity index (χ0) is 21.5. The monoisotopic (exact) mass is 449 g/mol. The molecule has 11 heteroatoms. The number of benzene rings is 1. The Morgan fingerprint density at radius 3 is 1.93 bits per heavy atom. The summed E-state index contributed by atoms with van der Waals surface area (Å²) in [5, 5.41) is 0. The summed E-state index contributed by atoms with van der Waals surface area (Å²) in [7, 11) is -7.25. The van der Waals surface area contributed by atoms with Crippen LogP contribution in [0.4, 0.5) is 0 Å². The molecule has 0 unspecified atom stereocenters. The van der Waals surface area contributed by atoms with E-state index in [4.69, 9.17) is 9.47 Å². The minimum absolute atomic E-state index is 0.120. The SMILES string of the molecule is CCOCCOc1ccc(S(=O)(=O)N2CCN(S(=O)(=O)N(CC)CC)CC2)cc1. The van der Waals surface area contributed by atoms with E-state index in [0.29, 0.717) is 38.7 Å². The lowest BCUT2D eigenvalue weighted by atomic mass is 10.3. The van der Waals surface area contributed by atoms with E-state index in [0.717, 1.165) is 0 Å². The average Bonchev–Trinajstić information content (AvgIpc) is 2.72. The molecule has 0 aromatic heterocycles. The van der Waals surface area contributed by atoms with E-state index in [1.54, 1.807) is 26.0 Å². The standard InChI is InChI=1S/C18H31N3O6S2/c1-4-19(5-2)29(24,25)21-13-11-20(12-14-21)28(22,23)18-9-7-17(8-10-18)27-16-15-26-6-3/h7-10H,4-6,11-16H2,1-3H3. The third kappa shape index (κ3) is 5.89. The van der Waals surface area contributed by atoms with Crippen LogP contribution < -0.4 is 4.74 Å². The summed E-state index contributed by atoms with van der Waals surface area (Å²) in [6, 6.07) is 6.23. The maximum absolute atomic E-state index is 12.9. The lowest BCUT2D eigenvalue weighted by Gasteiger charge is -2.35. The molecular formula is C18H31N3O6S2. The quantitative estimate of drug-likeness (QED) is 0.468. The van der Waals surface area contributed by atoms with Crippen molar-refractivity contribution in [2.24, 2.45) is 0 Å². The van der Waals surface area contributed by atoms with E-state index in [9.17, 15) is 16.8 Å². The molecule has 1 heterocycles. The highest BCUT2D eigenvalue weighted by molar-refractivity contribution is 7.89. The Hall–Kier alpha value is -1.24. The van der Waals surface area contributed by atoms with Gasteiger partial charge < -0.3 is 9.47 Å². The first-order chi connectivity index (χ1) is 13.8. The van der Waals surface area contributed by atoms with Gasteiger partial charge in [0.25, 0.3) is 10.2 Å². The van der Waals surface area contributed by atoms with Crippen LogP contribution in [0, 0.1) is 0 Å². The van der Waals surface area contributed by atoms with Crippen LogP contribution in [-0.4, -0.2) is 88.8 Å².